The molecule has 1 aromatic rings. The first kappa shape index (κ1) is 26.8. The van der Waals surface area contributed by atoms with Gasteiger partial charge in [-0.15, -0.1) is 0 Å². The van der Waals surface area contributed by atoms with E-state index in [1.807, 2.05) is 0 Å². The number of amides is 1. The van der Waals surface area contributed by atoms with Crippen molar-refractivity contribution in [1.29, 1.82) is 0 Å². The number of aliphatic carboxylic acids is 2. The quantitative estimate of drug-likeness (QED) is 0.531. The predicted molar refractivity (Wildman–Crippen MR) is 124 cm³/mol. The molecule has 3 heterocycles. The summed E-state index contributed by atoms with van der Waals surface area (Å²) in [5.74, 6) is -0.984. The maximum absolute atomic E-state index is 12.7. The summed E-state index contributed by atoms with van der Waals surface area (Å²) in [6, 6.07) is 8.96. The number of benzene rings is 1. The van der Waals surface area contributed by atoms with E-state index in [2.05, 4.69) is 53.6 Å². The molecule has 1 aromatic carbocycles. The Hall–Kier alpha value is -2.49. The average molecular weight is 464 g/mol. The number of nitrogens with zero attached hydrogens (tertiary/aromatic N) is 1. The van der Waals surface area contributed by atoms with E-state index in [1.165, 1.54) is 11.1 Å². The van der Waals surface area contributed by atoms with Crippen LogP contribution in [0.4, 0.5) is 0 Å². The second-order valence-electron chi connectivity index (χ2n) is 9.11. The van der Waals surface area contributed by atoms with Gasteiger partial charge in [0.15, 0.2) is 0 Å². The highest BCUT2D eigenvalue weighted by Crippen LogP contribution is 2.26. The third-order valence-electron chi connectivity index (χ3n) is 5.93. The molecule has 3 aliphatic rings. The first-order chi connectivity index (χ1) is 15.6. The van der Waals surface area contributed by atoms with E-state index in [0.29, 0.717) is 18.1 Å². The van der Waals surface area contributed by atoms with E-state index >= 15 is 0 Å². The van der Waals surface area contributed by atoms with Crippen molar-refractivity contribution in [1.82, 2.24) is 15.5 Å². The van der Waals surface area contributed by atoms with Crippen LogP contribution in [0.15, 0.2) is 24.3 Å². The molecular weight excluding hydrogens is 426 g/mol. The van der Waals surface area contributed by atoms with Crippen molar-refractivity contribution in [3.05, 3.63) is 35.4 Å². The summed E-state index contributed by atoms with van der Waals surface area (Å²) < 4.78 is 6.00. The fourth-order valence-electron chi connectivity index (χ4n) is 4.35. The largest absolute Gasteiger partial charge is 0.481 e. The highest BCUT2D eigenvalue weighted by Gasteiger charge is 2.39. The number of morpholine rings is 1. The molecule has 0 spiro atoms. The van der Waals surface area contributed by atoms with Gasteiger partial charge in [0.1, 0.15) is 0 Å². The number of rotatable bonds is 3. The van der Waals surface area contributed by atoms with Crippen molar-refractivity contribution < 1.29 is 29.3 Å². The number of carbonyl (C=O) groups excluding carboxylic acids is 1. The molecule has 4 atom stereocenters. The zero-order valence-corrected chi connectivity index (χ0v) is 19.9. The van der Waals surface area contributed by atoms with Crippen LogP contribution in [0.2, 0.25) is 0 Å². The lowest BCUT2D eigenvalue weighted by Crippen LogP contribution is -2.51. The third kappa shape index (κ3) is 8.75. The molecule has 0 bridgehead atoms. The molecule has 33 heavy (non-hydrogen) atoms. The van der Waals surface area contributed by atoms with Gasteiger partial charge in [-0.3, -0.25) is 19.3 Å². The number of hydrogen-bond donors (Lipinski definition) is 4. The van der Waals surface area contributed by atoms with E-state index in [4.69, 9.17) is 24.5 Å². The predicted octanol–water partition coefficient (Wildman–Crippen LogP) is 1.50. The molecule has 184 valence electrons. The topological polar surface area (TPSA) is 128 Å². The highest BCUT2D eigenvalue weighted by atomic mass is 16.5. The minimum Gasteiger partial charge on any atom is -0.481 e. The van der Waals surface area contributed by atoms with Crippen LogP contribution in [-0.4, -0.2) is 76.9 Å². The molecule has 9 heteroatoms. The van der Waals surface area contributed by atoms with Gasteiger partial charge in [0.05, 0.1) is 18.8 Å². The van der Waals surface area contributed by atoms with E-state index < -0.39 is 11.9 Å². The molecule has 0 aliphatic carbocycles. The molecule has 0 aromatic heterocycles. The Bertz CT molecular complexity index is 795. The van der Waals surface area contributed by atoms with Gasteiger partial charge >= 0.3 is 0 Å². The molecule has 0 unspecified atom stereocenters. The second kappa shape index (κ2) is 12.7. The van der Waals surface area contributed by atoms with Crippen LogP contribution in [0.5, 0.6) is 0 Å². The van der Waals surface area contributed by atoms with Gasteiger partial charge in [0, 0.05) is 45.6 Å². The smallest absolute Gasteiger partial charge is 0.300 e. The van der Waals surface area contributed by atoms with Crippen LogP contribution in [-0.2, 0) is 32.1 Å². The molecule has 2 fully saturated rings. The van der Waals surface area contributed by atoms with Crippen LogP contribution >= 0.6 is 0 Å². The van der Waals surface area contributed by atoms with E-state index in [1.54, 1.807) is 0 Å². The van der Waals surface area contributed by atoms with Crippen LogP contribution < -0.4 is 10.6 Å². The van der Waals surface area contributed by atoms with Crippen molar-refractivity contribution in [2.75, 3.05) is 19.7 Å². The van der Waals surface area contributed by atoms with Gasteiger partial charge in [-0.25, -0.2) is 0 Å². The Morgan fingerprint density at radius 3 is 2.30 bits per heavy atom. The molecular formula is C24H37N3O6. The molecule has 4 rings (SSSR count). The van der Waals surface area contributed by atoms with Crippen molar-refractivity contribution in [2.45, 2.75) is 71.3 Å². The number of carboxylic acids is 2. The molecule has 4 N–H and O–H groups in total. The summed E-state index contributed by atoms with van der Waals surface area (Å²) in [7, 11) is 0. The lowest BCUT2D eigenvalue weighted by atomic mass is 9.95. The van der Waals surface area contributed by atoms with Gasteiger partial charge in [-0.1, -0.05) is 38.1 Å². The van der Waals surface area contributed by atoms with Gasteiger partial charge in [-0.2, -0.15) is 0 Å². The fraction of sp³-hybridized carbons (Fsp3) is 0.625. The van der Waals surface area contributed by atoms with Crippen molar-refractivity contribution in [3.63, 3.8) is 0 Å². The molecule has 0 saturated carbocycles. The Morgan fingerprint density at radius 1 is 1.09 bits per heavy atom. The van der Waals surface area contributed by atoms with Crippen LogP contribution in [0.1, 0.15) is 45.2 Å². The molecule has 2 saturated heterocycles. The van der Waals surface area contributed by atoms with Gasteiger partial charge in [-0.05, 0) is 29.9 Å². The average Bonchev–Trinajstić information content (AvgIpc) is 3.14. The maximum atomic E-state index is 12.7. The normalized spacial score (nSPS) is 26.0. The van der Waals surface area contributed by atoms with E-state index in [9.17, 15) is 4.79 Å². The highest BCUT2D eigenvalue weighted by molar-refractivity contribution is 5.82. The zero-order valence-electron chi connectivity index (χ0n) is 19.9. The Balaban J connectivity index is 0.000000420. The van der Waals surface area contributed by atoms with Crippen molar-refractivity contribution >= 4 is 17.8 Å². The maximum Gasteiger partial charge on any atom is 0.300 e. The monoisotopic (exact) mass is 463 g/mol. The number of carboxylic acid groups (broad SMARTS) is 2. The van der Waals surface area contributed by atoms with Crippen molar-refractivity contribution in [2.24, 2.45) is 5.92 Å². The second-order valence-corrected chi connectivity index (χ2v) is 9.11. The lowest BCUT2D eigenvalue weighted by Gasteiger charge is -2.36. The number of fused-ring (bicyclic) bond motifs is 2. The Morgan fingerprint density at radius 2 is 1.70 bits per heavy atom. The number of nitrogens with one attached hydrogen (secondary N) is 2. The Kier molecular flexibility index (Phi) is 10.3. The van der Waals surface area contributed by atoms with E-state index in [0.717, 1.165) is 52.9 Å². The van der Waals surface area contributed by atoms with Crippen LogP contribution in [0.3, 0.4) is 0 Å². The standard InChI is InChI=1S/C20H29N3O2.2C2H4O2/c1-13(2)19-11-23-10-16(8-17(23)12-25-19)22-20(24)18-7-14-5-3-4-6-15(14)9-21-18;2*1-2(3)4/h3-6,13,16-19,21H,7-12H2,1-2H3,(H,22,24);2*1H3,(H,3,4)/t16-,17-,18+,19+;;/m0../s1. The summed E-state index contributed by atoms with van der Waals surface area (Å²) in [6.07, 6.45) is 2.10. The summed E-state index contributed by atoms with van der Waals surface area (Å²) in [5.41, 5.74) is 2.60. The summed E-state index contributed by atoms with van der Waals surface area (Å²) >= 11 is 0. The number of ether oxygens (including phenoxy) is 1. The number of carbonyl (C=O) groups is 3. The first-order valence-electron chi connectivity index (χ1n) is 11.4. The fourth-order valence-corrected chi connectivity index (χ4v) is 4.35. The summed E-state index contributed by atoms with van der Waals surface area (Å²) in [4.78, 5) is 33.2. The molecule has 9 nitrogen and oxygen atoms in total. The minimum atomic E-state index is -0.833. The molecule has 1 amide bonds. The van der Waals surface area contributed by atoms with Gasteiger partial charge < -0.3 is 25.6 Å². The Labute approximate surface area is 195 Å². The zero-order chi connectivity index (χ0) is 24.5. The summed E-state index contributed by atoms with van der Waals surface area (Å²) in [5, 5.41) is 21.5. The van der Waals surface area contributed by atoms with E-state index in [-0.39, 0.29) is 18.0 Å². The van der Waals surface area contributed by atoms with Gasteiger partial charge in [0.25, 0.3) is 11.9 Å². The number of hydrogen-bond acceptors (Lipinski definition) is 6. The molecule has 0 radical (unpaired) electrons. The van der Waals surface area contributed by atoms with Crippen LogP contribution in [0.25, 0.3) is 0 Å². The van der Waals surface area contributed by atoms with Gasteiger partial charge in [0.2, 0.25) is 5.91 Å². The summed E-state index contributed by atoms with van der Waals surface area (Å²) in [6.45, 7) is 10.1. The molecule has 3 aliphatic heterocycles. The lowest BCUT2D eigenvalue weighted by molar-refractivity contribution is -0.135. The first-order valence-corrected chi connectivity index (χ1v) is 11.4. The SMILES string of the molecule is CC(=O)O.CC(=O)O.CC(C)[C@H]1CN2C[C@@H](NC(=O)[C@H]3Cc4ccccc4CN3)C[C@H]2CO1. The van der Waals surface area contributed by atoms with Crippen molar-refractivity contribution in [3.8, 4) is 0 Å². The third-order valence-corrected chi connectivity index (χ3v) is 5.93. The van der Waals surface area contributed by atoms with Crippen LogP contribution in [0, 0.1) is 5.92 Å². The minimum absolute atomic E-state index is 0.118.